The Morgan fingerprint density at radius 2 is 2.43 bits per heavy atom. The maximum atomic E-state index is 5.58. The van der Waals surface area contributed by atoms with E-state index in [0.717, 1.165) is 19.4 Å². The van der Waals surface area contributed by atoms with Gasteiger partial charge in [-0.05, 0) is 12.8 Å². The van der Waals surface area contributed by atoms with Crippen LogP contribution >= 0.6 is 11.8 Å². The fourth-order valence-electron chi connectivity index (χ4n) is 1.70. The Morgan fingerprint density at radius 1 is 1.50 bits per heavy atom. The summed E-state index contributed by atoms with van der Waals surface area (Å²) in [4.78, 5) is 0. The summed E-state index contributed by atoms with van der Waals surface area (Å²) in [5.41, 5.74) is 6.52. The molecule has 3 atom stereocenters. The monoisotopic (exact) mass is 213 g/mol. The summed E-state index contributed by atoms with van der Waals surface area (Å²) in [7, 11) is 0. The molecule has 2 heterocycles. The average Bonchev–Trinajstić information content (AvgIpc) is 2.85. The van der Waals surface area contributed by atoms with Crippen molar-refractivity contribution in [1.29, 1.82) is 0 Å². The first-order valence-electron chi connectivity index (χ1n) is 4.84. The second kappa shape index (κ2) is 5.01. The number of nitrogens with one attached hydrogen (secondary N) is 3. The maximum Gasteiger partial charge on any atom is 0.120 e. The largest absolute Gasteiger partial charge is 0.375 e. The van der Waals surface area contributed by atoms with Crippen molar-refractivity contribution in [1.82, 2.24) is 16.2 Å². The van der Waals surface area contributed by atoms with Gasteiger partial charge in [-0.15, -0.1) is 18.2 Å². The predicted molar refractivity (Wildman–Crippen MR) is 57.2 cm³/mol. The Labute approximate surface area is 88.5 Å². The molecule has 2 aliphatic rings. The van der Waals surface area contributed by atoms with Gasteiger partial charge in [-0.1, -0.05) is 5.92 Å². The van der Waals surface area contributed by atoms with E-state index in [0.29, 0.717) is 11.9 Å². The van der Waals surface area contributed by atoms with Crippen LogP contribution in [0.3, 0.4) is 0 Å². The van der Waals surface area contributed by atoms with Crippen molar-refractivity contribution in [2.24, 2.45) is 0 Å². The van der Waals surface area contributed by atoms with Crippen molar-refractivity contribution in [2.45, 2.75) is 30.6 Å². The van der Waals surface area contributed by atoms with E-state index in [4.69, 9.17) is 11.2 Å². The first-order valence-corrected chi connectivity index (χ1v) is 5.89. The maximum absolute atomic E-state index is 5.58. The first kappa shape index (κ1) is 10.3. The van der Waals surface area contributed by atoms with Gasteiger partial charge in [0, 0.05) is 6.61 Å². The van der Waals surface area contributed by atoms with Gasteiger partial charge in [0.15, 0.2) is 0 Å². The first-order chi connectivity index (χ1) is 6.90. The van der Waals surface area contributed by atoms with E-state index in [1.807, 2.05) is 0 Å². The normalized spacial score (nSPS) is 37.2. The molecule has 0 aromatic rings. The smallest absolute Gasteiger partial charge is 0.120 e. The summed E-state index contributed by atoms with van der Waals surface area (Å²) in [5.74, 6) is 3.32. The molecule has 5 heteroatoms. The highest BCUT2D eigenvalue weighted by molar-refractivity contribution is 8.00. The molecule has 0 amide bonds. The van der Waals surface area contributed by atoms with Gasteiger partial charge < -0.3 is 4.74 Å². The van der Waals surface area contributed by atoms with Crippen LogP contribution < -0.4 is 16.2 Å². The molecule has 0 saturated carbocycles. The highest BCUT2D eigenvalue weighted by Crippen LogP contribution is 2.18. The van der Waals surface area contributed by atoms with Crippen LogP contribution in [0.5, 0.6) is 0 Å². The quantitative estimate of drug-likeness (QED) is 0.569. The van der Waals surface area contributed by atoms with Gasteiger partial charge >= 0.3 is 0 Å². The number of thioether (sulfide) groups is 1. The SMILES string of the molecule is C#CCSC1NNC(C2CCCO2)N1. The number of terminal acetylenes is 1. The molecular weight excluding hydrogens is 198 g/mol. The van der Waals surface area contributed by atoms with Crippen molar-refractivity contribution < 1.29 is 4.74 Å². The standard InChI is InChI=1S/C9H15N3OS/c1-2-6-14-9-10-8(11-12-9)7-4-3-5-13-7/h1,7-12H,3-6H2. The molecule has 2 saturated heterocycles. The van der Waals surface area contributed by atoms with Crippen LogP contribution in [0.4, 0.5) is 0 Å². The minimum Gasteiger partial charge on any atom is -0.375 e. The Bertz CT molecular complexity index is 225. The molecule has 14 heavy (non-hydrogen) atoms. The highest BCUT2D eigenvalue weighted by Gasteiger charge is 2.31. The van der Waals surface area contributed by atoms with E-state index in [2.05, 4.69) is 22.1 Å². The van der Waals surface area contributed by atoms with E-state index in [1.54, 1.807) is 11.8 Å². The lowest BCUT2D eigenvalue weighted by atomic mass is 10.2. The lowest BCUT2D eigenvalue weighted by Gasteiger charge is -2.17. The molecule has 3 unspecified atom stereocenters. The average molecular weight is 213 g/mol. The zero-order valence-corrected chi connectivity index (χ0v) is 8.77. The second-order valence-corrected chi connectivity index (χ2v) is 4.47. The number of hydrogen-bond acceptors (Lipinski definition) is 5. The molecule has 3 N–H and O–H groups in total. The summed E-state index contributed by atoms with van der Waals surface area (Å²) in [6.07, 6.45) is 7.98. The van der Waals surface area contributed by atoms with Crippen molar-refractivity contribution in [2.75, 3.05) is 12.4 Å². The number of hydrazine groups is 1. The molecule has 2 fully saturated rings. The molecule has 2 rings (SSSR count). The zero-order valence-electron chi connectivity index (χ0n) is 7.95. The Hall–Kier alpha value is -0.250. The van der Waals surface area contributed by atoms with Crippen LogP contribution in [-0.4, -0.2) is 30.1 Å². The molecular formula is C9H15N3OS. The summed E-state index contributed by atoms with van der Waals surface area (Å²) in [5, 5.41) is 3.39. The van der Waals surface area contributed by atoms with Crippen molar-refractivity contribution in [3.8, 4) is 12.3 Å². The molecule has 0 radical (unpaired) electrons. The summed E-state index contributed by atoms with van der Waals surface area (Å²) >= 11 is 1.67. The predicted octanol–water partition coefficient (Wildman–Crippen LogP) is -0.161. The number of ether oxygens (including phenoxy) is 1. The van der Waals surface area contributed by atoms with Gasteiger partial charge in [0.1, 0.15) is 5.50 Å². The van der Waals surface area contributed by atoms with E-state index in [1.165, 1.54) is 0 Å². The summed E-state index contributed by atoms with van der Waals surface area (Å²) in [6.45, 7) is 0.882. The Balaban J connectivity index is 1.74. The second-order valence-electron chi connectivity index (χ2n) is 3.38. The Morgan fingerprint density at radius 3 is 3.14 bits per heavy atom. The fraction of sp³-hybridized carbons (Fsp3) is 0.778. The molecule has 2 aliphatic heterocycles. The lowest BCUT2D eigenvalue weighted by Crippen LogP contribution is -2.43. The lowest BCUT2D eigenvalue weighted by molar-refractivity contribution is 0.0762. The summed E-state index contributed by atoms with van der Waals surface area (Å²) in [6, 6.07) is 0. The van der Waals surface area contributed by atoms with E-state index >= 15 is 0 Å². The van der Waals surface area contributed by atoms with Gasteiger partial charge in [0.25, 0.3) is 0 Å². The van der Waals surface area contributed by atoms with Gasteiger partial charge in [-0.2, -0.15) is 0 Å². The zero-order chi connectivity index (χ0) is 9.80. The van der Waals surface area contributed by atoms with Crippen LogP contribution in [-0.2, 0) is 4.74 Å². The third-order valence-electron chi connectivity index (χ3n) is 2.37. The topological polar surface area (TPSA) is 45.3 Å². The van der Waals surface area contributed by atoms with Crippen LogP contribution in [0.15, 0.2) is 0 Å². The molecule has 4 nitrogen and oxygen atoms in total. The van der Waals surface area contributed by atoms with E-state index in [9.17, 15) is 0 Å². The summed E-state index contributed by atoms with van der Waals surface area (Å²) < 4.78 is 5.58. The molecule has 0 aliphatic carbocycles. The van der Waals surface area contributed by atoms with Gasteiger partial charge in [0.2, 0.25) is 0 Å². The van der Waals surface area contributed by atoms with Crippen LogP contribution in [0.1, 0.15) is 12.8 Å². The van der Waals surface area contributed by atoms with Crippen molar-refractivity contribution in [3.63, 3.8) is 0 Å². The van der Waals surface area contributed by atoms with Crippen molar-refractivity contribution in [3.05, 3.63) is 0 Å². The van der Waals surface area contributed by atoms with Crippen LogP contribution in [0.2, 0.25) is 0 Å². The minimum atomic E-state index is 0.195. The van der Waals surface area contributed by atoms with E-state index < -0.39 is 0 Å². The molecule has 0 aromatic carbocycles. The van der Waals surface area contributed by atoms with Gasteiger partial charge in [-0.3, -0.25) is 5.32 Å². The molecule has 0 spiro atoms. The molecule has 0 aromatic heterocycles. The van der Waals surface area contributed by atoms with Gasteiger partial charge in [0.05, 0.1) is 18.0 Å². The van der Waals surface area contributed by atoms with E-state index in [-0.39, 0.29) is 11.7 Å². The fourth-order valence-corrected chi connectivity index (χ4v) is 2.36. The Kier molecular flexibility index (Phi) is 3.67. The molecule has 0 bridgehead atoms. The van der Waals surface area contributed by atoms with Crippen molar-refractivity contribution >= 4 is 11.8 Å². The molecule has 78 valence electrons. The third-order valence-corrected chi connectivity index (χ3v) is 3.29. The highest BCUT2D eigenvalue weighted by atomic mass is 32.2. The van der Waals surface area contributed by atoms with Gasteiger partial charge in [-0.25, -0.2) is 10.9 Å². The third kappa shape index (κ3) is 2.41. The number of rotatable bonds is 3. The minimum absolute atomic E-state index is 0.195. The van der Waals surface area contributed by atoms with Crippen LogP contribution in [0.25, 0.3) is 0 Å². The number of hydrogen-bond donors (Lipinski definition) is 3. The van der Waals surface area contributed by atoms with Crippen LogP contribution in [0, 0.1) is 12.3 Å².